The molecule has 1 amide bonds. The van der Waals surface area contributed by atoms with Crippen LogP contribution >= 0.6 is 15.9 Å². The second-order valence-corrected chi connectivity index (χ2v) is 5.74. The van der Waals surface area contributed by atoms with Crippen molar-refractivity contribution in [2.75, 3.05) is 0 Å². The smallest absolute Gasteiger partial charge is 0.228 e. The van der Waals surface area contributed by atoms with Crippen LogP contribution in [-0.2, 0) is 10.2 Å². The molecule has 2 aromatic carbocycles. The fourth-order valence-electron chi connectivity index (χ4n) is 2.78. The maximum atomic E-state index is 11.8. The number of carbonyl (C=O) groups excluding carboxylic acids is 1. The van der Waals surface area contributed by atoms with E-state index in [2.05, 4.69) is 34.1 Å². The van der Waals surface area contributed by atoms with Gasteiger partial charge in [-0.25, -0.2) is 0 Å². The maximum Gasteiger partial charge on any atom is 0.228 e. The molecule has 18 heavy (non-hydrogen) atoms. The van der Waals surface area contributed by atoms with Gasteiger partial charge in [-0.1, -0.05) is 42.8 Å². The van der Waals surface area contributed by atoms with Crippen molar-refractivity contribution in [3.05, 3.63) is 46.4 Å². The molecule has 0 spiro atoms. The Bertz CT molecular complexity index is 631. The Morgan fingerprint density at radius 1 is 1.17 bits per heavy atom. The molecular formula is C15H14BrNO. The number of nitrogens with two attached hydrogens (primary N) is 1. The molecule has 3 rings (SSSR count). The van der Waals surface area contributed by atoms with Crippen LogP contribution in [0.5, 0.6) is 0 Å². The number of hydrogen-bond donors (Lipinski definition) is 1. The molecule has 0 heterocycles. The van der Waals surface area contributed by atoms with Crippen LogP contribution in [0.3, 0.4) is 0 Å². The third-order valence-corrected chi connectivity index (χ3v) is 4.91. The lowest BCUT2D eigenvalue weighted by Crippen LogP contribution is -2.46. The Morgan fingerprint density at radius 3 is 2.50 bits per heavy atom. The van der Waals surface area contributed by atoms with Crippen LogP contribution < -0.4 is 5.73 Å². The van der Waals surface area contributed by atoms with Gasteiger partial charge in [0.25, 0.3) is 0 Å². The Kier molecular flexibility index (Phi) is 2.67. The summed E-state index contributed by atoms with van der Waals surface area (Å²) in [5, 5.41) is 2.31. The molecule has 0 bridgehead atoms. The van der Waals surface area contributed by atoms with Gasteiger partial charge in [-0.3, -0.25) is 4.79 Å². The van der Waals surface area contributed by atoms with Crippen LogP contribution in [0.2, 0.25) is 0 Å². The highest BCUT2D eigenvalue weighted by molar-refractivity contribution is 9.10. The maximum absolute atomic E-state index is 11.8. The van der Waals surface area contributed by atoms with Gasteiger partial charge in [-0.15, -0.1) is 0 Å². The molecule has 0 unspecified atom stereocenters. The summed E-state index contributed by atoms with van der Waals surface area (Å²) in [6.45, 7) is 0. The lowest BCUT2D eigenvalue weighted by atomic mass is 9.64. The molecule has 0 aromatic heterocycles. The van der Waals surface area contributed by atoms with Crippen molar-refractivity contribution >= 4 is 32.6 Å². The van der Waals surface area contributed by atoms with E-state index in [-0.39, 0.29) is 5.91 Å². The van der Waals surface area contributed by atoms with Gasteiger partial charge in [-0.2, -0.15) is 0 Å². The van der Waals surface area contributed by atoms with Gasteiger partial charge >= 0.3 is 0 Å². The van der Waals surface area contributed by atoms with Gasteiger partial charge in [0, 0.05) is 4.47 Å². The summed E-state index contributed by atoms with van der Waals surface area (Å²) in [7, 11) is 0. The summed E-state index contributed by atoms with van der Waals surface area (Å²) < 4.78 is 1.01. The highest BCUT2D eigenvalue weighted by Crippen LogP contribution is 2.47. The number of hydrogen-bond acceptors (Lipinski definition) is 1. The summed E-state index contributed by atoms with van der Waals surface area (Å²) in [6.07, 6.45) is 2.79. The number of fused-ring (bicyclic) bond motifs is 1. The molecule has 0 saturated heterocycles. The number of amides is 1. The average molecular weight is 304 g/mol. The zero-order chi connectivity index (χ0) is 12.8. The van der Waals surface area contributed by atoms with E-state index in [1.807, 2.05) is 18.2 Å². The fourth-order valence-corrected chi connectivity index (χ4v) is 3.65. The van der Waals surface area contributed by atoms with E-state index in [0.29, 0.717) is 0 Å². The van der Waals surface area contributed by atoms with Gasteiger partial charge in [-0.05, 0) is 45.1 Å². The Labute approximate surface area is 114 Å². The van der Waals surface area contributed by atoms with Crippen LogP contribution in [0.25, 0.3) is 10.8 Å². The lowest BCUT2D eigenvalue weighted by molar-refractivity contribution is -0.126. The summed E-state index contributed by atoms with van der Waals surface area (Å²) >= 11 is 3.65. The largest absolute Gasteiger partial charge is 0.369 e. The summed E-state index contributed by atoms with van der Waals surface area (Å²) in [6, 6.07) is 12.3. The molecule has 1 aliphatic carbocycles. The minimum absolute atomic E-state index is 0.204. The zero-order valence-electron chi connectivity index (χ0n) is 9.95. The summed E-state index contributed by atoms with van der Waals surface area (Å²) in [5.74, 6) is -0.204. The normalized spacial score (nSPS) is 17.4. The second kappa shape index (κ2) is 4.09. The first-order valence-corrected chi connectivity index (χ1v) is 6.92. The number of primary amides is 1. The van der Waals surface area contributed by atoms with Crippen molar-refractivity contribution in [2.24, 2.45) is 5.73 Å². The van der Waals surface area contributed by atoms with E-state index in [4.69, 9.17) is 5.73 Å². The van der Waals surface area contributed by atoms with Crippen molar-refractivity contribution in [1.29, 1.82) is 0 Å². The van der Waals surface area contributed by atoms with E-state index in [1.54, 1.807) is 0 Å². The van der Waals surface area contributed by atoms with E-state index in [1.165, 1.54) is 5.39 Å². The monoisotopic (exact) mass is 303 g/mol. The van der Waals surface area contributed by atoms with E-state index in [0.717, 1.165) is 34.7 Å². The van der Waals surface area contributed by atoms with E-state index < -0.39 is 5.41 Å². The molecule has 3 heteroatoms. The van der Waals surface area contributed by atoms with Gasteiger partial charge in [0.05, 0.1) is 5.41 Å². The van der Waals surface area contributed by atoms with Crippen molar-refractivity contribution in [3.63, 3.8) is 0 Å². The first-order valence-electron chi connectivity index (χ1n) is 6.13. The van der Waals surface area contributed by atoms with E-state index in [9.17, 15) is 4.79 Å². The molecule has 2 N–H and O–H groups in total. The molecule has 0 radical (unpaired) electrons. The molecule has 0 atom stereocenters. The quantitative estimate of drug-likeness (QED) is 0.906. The van der Waals surface area contributed by atoms with Crippen LogP contribution in [0, 0.1) is 0 Å². The highest BCUT2D eigenvalue weighted by Gasteiger charge is 2.45. The van der Waals surface area contributed by atoms with E-state index >= 15 is 0 Å². The van der Waals surface area contributed by atoms with Crippen LogP contribution in [0.4, 0.5) is 0 Å². The Hall–Kier alpha value is -1.35. The highest BCUT2D eigenvalue weighted by atomic mass is 79.9. The number of halogens is 1. The molecule has 2 nitrogen and oxygen atoms in total. The van der Waals surface area contributed by atoms with Crippen molar-refractivity contribution in [2.45, 2.75) is 24.7 Å². The molecule has 1 fully saturated rings. The molecular weight excluding hydrogens is 290 g/mol. The molecule has 92 valence electrons. The minimum atomic E-state index is -0.455. The van der Waals surface area contributed by atoms with Crippen molar-refractivity contribution < 1.29 is 4.79 Å². The first kappa shape index (κ1) is 11.7. The topological polar surface area (TPSA) is 43.1 Å². The third-order valence-electron chi connectivity index (χ3n) is 4.06. The van der Waals surface area contributed by atoms with Gasteiger partial charge in [0.2, 0.25) is 5.91 Å². The Morgan fingerprint density at radius 2 is 1.89 bits per heavy atom. The van der Waals surface area contributed by atoms with Gasteiger partial charge in [0.1, 0.15) is 0 Å². The van der Waals surface area contributed by atoms with Crippen molar-refractivity contribution in [1.82, 2.24) is 0 Å². The molecule has 1 saturated carbocycles. The van der Waals surface area contributed by atoms with Crippen LogP contribution in [-0.4, -0.2) is 5.91 Å². The molecule has 0 aliphatic heterocycles. The van der Waals surface area contributed by atoms with Gasteiger partial charge < -0.3 is 5.73 Å². The Balaban J connectivity index is 2.24. The zero-order valence-corrected chi connectivity index (χ0v) is 11.5. The van der Waals surface area contributed by atoms with Crippen molar-refractivity contribution in [3.8, 4) is 0 Å². The predicted octanol–water partition coefficient (Wildman–Crippen LogP) is 3.51. The van der Waals surface area contributed by atoms with Gasteiger partial charge in [0.15, 0.2) is 0 Å². The summed E-state index contributed by atoms with van der Waals surface area (Å²) in [5.41, 5.74) is 6.20. The molecule has 1 aliphatic rings. The number of benzene rings is 2. The summed E-state index contributed by atoms with van der Waals surface area (Å²) in [4.78, 5) is 11.8. The predicted molar refractivity (Wildman–Crippen MR) is 76.4 cm³/mol. The molecule has 2 aromatic rings. The first-order chi connectivity index (χ1) is 8.65. The number of carbonyl (C=O) groups is 1. The SMILES string of the molecule is NC(=O)C1(c2ccc3ccccc3c2Br)CCC1. The van der Waals surface area contributed by atoms with Crippen LogP contribution in [0.15, 0.2) is 40.9 Å². The van der Waals surface area contributed by atoms with Crippen LogP contribution in [0.1, 0.15) is 24.8 Å². The third kappa shape index (κ3) is 1.50. The fraction of sp³-hybridized carbons (Fsp3) is 0.267. The standard InChI is InChI=1S/C15H14BrNO/c16-13-11-5-2-1-4-10(11)6-7-12(13)15(14(17)18)8-3-9-15/h1-2,4-7H,3,8-9H2,(H2,17,18). The lowest BCUT2D eigenvalue weighted by Gasteiger charge is -2.40. The minimum Gasteiger partial charge on any atom is -0.369 e. The average Bonchev–Trinajstić information content (AvgIpc) is 2.30. The second-order valence-electron chi connectivity index (χ2n) is 4.95. The number of rotatable bonds is 2.